The zero-order valence-corrected chi connectivity index (χ0v) is 18.6. The third-order valence-electron chi connectivity index (χ3n) is 5.99. The fourth-order valence-electron chi connectivity index (χ4n) is 4.29. The van der Waals surface area contributed by atoms with Crippen molar-refractivity contribution in [2.24, 2.45) is 0 Å². The lowest BCUT2D eigenvalue weighted by molar-refractivity contribution is -0.146. The molecule has 1 saturated heterocycles. The molecule has 1 fully saturated rings. The quantitative estimate of drug-likeness (QED) is 0.606. The molecule has 2 atom stereocenters. The molecule has 2 heterocycles. The highest BCUT2D eigenvalue weighted by Crippen LogP contribution is 2.24. The van der Waals surface area contributed by atoms with Gasteiger partial charge in [0.05, 0.1) is 18.4 Å². The van der Waals surface area contributed by atoms with Crippen molar-refractivity contribution in [1.82, 2.24) is 20.0 Å². The SMILES string of the molecule is COC(=O)[C@@H]1C[C@@H](NC(=O)c2ccccc2-n2cccn2)CN1Cc1cc(C)ccc1C. The molecule has 166 valence electrons. The molecule has 1 aromatic heterocycles. The number of benzene rings is 2. The topological polar surface area (TPSA) is 76.5 Å². The third kappa shape index (κ3) is 4.57. The van der Waals surface area contributed by atoms with E-state index in [0.717, 1.165) is 0 Å². The summed E-state index contributed by atoms with van der Waals surface area (Å²) in [5.74, 6) is -0.456. The molecule has 0 spiro atoms. The summed E-state index contributed by atoms with van der Waals surface area (Å²) in [6.45, 7) is 5.33. The first-order valence-corrected chi connectivity index (χ1v) is 10.7. The van der Waals surface area contributed by atoms with Crippen molar-refractivity contribution < 1.29 is 14.3 Å². The van der Waals surface area contributed by atoms with Crippen molar-refractivity contribution in [3.63, 3.8) is 0 Å². The van der Waals surface area contributed by atoms with Crippen LogP contribution in [-0.2, 0) is 16.1 Å². The molecule has 7 heteroatoms. The highest BCUT2D eigenvalue weighted by atomic mass is 16.5. The van der Waals surface area contributed by atoms with Gasteiger partial charge in [-0.25, -0.2) is 4.68 Å². The van der Waals surface area contributed by atoms with Crippen LogP contribution in [0.15, 0.2) is 60.9 Å². The number of para-hydroxylation sites is 1. The first-order chi connectivity index (χ1) is 15.5. The minimum absolute atomic E-state index is 0.164. The van der Waals surface area contributed by atoms with Gasteiger partial charge >= 0.3 is 5.97 Å². The lowest BCUT2D eigenvalue weighted by Gasteiger charge is -2.23. The number of likely N-dealkylation sites (tertiary alicyclic amines) is 1. The van der Waals surface area contributed by atoms with Gasteiger partial charge in [0, 0.05) is 31.5 Å². The molecule has 1 N–H and O–H groups in total. The number of hydrogen-bond acceptors (Lipinski definition) is 5. The maximum Gasteiger partial charge on any atom is 0.323 e. The van der Waals surface area contributed by atoms with Crippen LogP contribution in [0.5, 0.6) is 0 Å². The summed E-state index contributed by atoms with van der Waals surface area (Å²) in [5, 5.41) is 7.37. The van der Waals surface area contributed by atoms with Crippen LogP contribution in [0.4, 0.5) is 0 Å². The Labute approximate surface area is 188 Å². The van der Waals surface area contributed by atoms with E-state index >= 15 is 0 Å². The number of nitrogens with one attached hydrogen (secondary N) is 1. The Balaban J connectivity index is 1.52. The smallest absolute Gasteiger partial charge is 0.323 e. The Bertz CT molecular complexity index is 1110. The lowest BCUT2D eigenvalue weighted by Crippen LogP contribution is -2.38. The molecule has 0 saturated carbocycles. The summed E-state index contributed by atoms with van der Waals surface area (Å²) in [7, 11) is 1.41. The van der Waals surface area contributed by atoms with Crippen LogP contribution in [0.2, 0.25) is 0 Å². The number of amides is 1. The molecule has 0 bridgehead atoms. The number of carbonyl (C=O) groups excluding carboxylic acids is 2. The number of hydrogen-bond donors (Lipinski definition) is 1. The summed E-state index contributed by atoms with van der Waals surface area (Å²) >= 11 is 0. The van der Waals surface area contributed by atoms with Crippen LogP contribution < -0.4 is 5.32 Å². The van der Waals surface area contributed by atoms with Gasteiger partial charge in [-0.1, -0.05) is 35.9 Å². The third-order valence-corrected chi connectivity index (χ3v) is 5.99. The summed E-state index contributed by atoms with van der Waals surface area (Å²) in [4.78, 5) is 27.7. The van der Waals surface area contributed by atoms with Crippen LogP contribution in [0.3, 0.4) is 0 Å². The summed E-state index contributed by atoms with van der Waals surface area (Å²) in [6, 6.07) is 14.9. The number of aryl methyl sites for hydroxylation is 2. The molecule has 1 amide bonds. The number of esters is 1. The predicted molar refractivity (Wildman–Crippen MR) is 122 cm³/mol. The summed E-state index contributed by atoms with van der Waals surface area (Å²) in [5.41, 5.74) is 4.79. The van der Waals surface area contributed by atoms with E-state index in [2.05, 4.69) is 47.4 Å². The van der Waals surface area contributed by atoms with Crippen LogP contribution in [0.1, 0.15) is 33.5 Å². The Morgan fingerprint density at radius 1 is 1.16 bits per heavy atom. The minimum atomic E-state index is -0.397. The van der Waals surface area contributed by atoms with Crippen LogP contribution in [0.25, 0.3) is 5.69 Å². The van der Waals surface area contributed by atoms with E-state index < -0.39 is 6.04 Å². The van der Waals surface area contributed by atoms with Crippen LogP contribution in [-0.4, -0.2) is 52.3 Å². The number of carbonyl (C=O) groups is 2. The summed E-state index contributed by atoms with van der Waals surface area (Å²) in [6.07, 6.45) is 3.99. The first-order valence-electron chi connectivity index (χ1n) is 10.7. The van der Waals surface area contributed by atoms with Gasteiger partial charge in [-0.15, -0.1) is 0 Å². The average molecular weight is 433 g/mol. The molecule has 4 rings (SSSR count). The number of methoxy groups -OCH3 is 1. The van der Waals surface area contributed by atoms with Gasteiger partial charge in [-0.05, 0) is 49.6 Å². The fraction of sp³-hybridized carbons (Fsp3) is 0.320. The van der Waals surface area contributed by atoms with Crippen molar-refractivity contribution >= 4 is 11.9 Å². The molecular formula is C25H28N4O3. The Morgan fingerprint density at radius 3 is 2.72 bits per heavy atom. The molecule has 0 radical (unpaired) electrons. The van der Waals surface area contributed by atoms with E-state index in [1.807, 2.05) is 24.3 Å². The molecule has 1 aliphatic heterocycles. The Morgan fingerprint density at radius 2 is 1.97 bits per heavy atom. The van der Waals surface area contributed by atoms with Crippen molar-refractivity contribution in [3.05, 3.63) is 83.2 Å². The molecule has 3 aromatic rings. The zero-order valence-electron chi connectivity index (χ0n) is 18.6. The molecule has 0 aliphatic carbocycles. The molecule has 7 nitrogen and oxygen atoms in total. The highest BCUT2D eigenvalue weighted by Gasteiger charge is 2.38. The van der Waals surface area contributed by atoms with Gasteiger partial charge in [-0.3, -0.25) is 14.5 Å². The summed E-state index contributed by atoms with van der Waals surface area (Å²) < 4.78 is 6.73. The maximum atomic E-state index is 13.1. The van der Waals surface area contributed by atoms with E-state index in [0.29, 0.717) is 30.8 Å². The number of aromatic nitrogens is 2. The fourth-order valence-corrected chi connectivity index (χ4v) is 4.29. The number of rotatable bonds is 6. The van der Waals surface area contributed by atoms with Gasteiger partial charge in [0.1, 0.15) is 6.04 Å². The Kier molecular flexibility index (Phi) is 6.37. The van der Waals surface area contributed by atoms with Crippen molar-refractivity contribution in [2.75, 3.05) is 13.7 Å². The second-order valence-corrected chi connectivity index (χ2v) is 8.27. The van der Waals surface area contributed by atoms with Crippen LogP contribution in [0, 0.1) is 13.8 Å². The molecule has 1 aliphatic rings. The van der Waals surface area contributed by atoms with Crippen molar-refractivity contribution in [1.29, 1.82) is 0 Å². The van der Waals surface area contributed by atoms with Crippen molar-refractivity contribution in [3.8, 4) is 5.69 Å². The molecule has 32 heavy (non-hydrogen) atoms. The van der Waals surface area contributed by atoms with Crippen LogP contribution >= 0.6 is 0 Å². The normalized spacial score (nSPS) is 18.5. The van der Waals surface area contributed by atoms with Gasteiger partial charge in [-0.2, -0.15) is 5.10 Å². The molecular weight excluding hydrogens is 404 g/mol. The van der Waals surface area contributed by atoms with Gasteiger partial charge in [0.2, 0.25) is 0 Å². The van der Waals surface area contributed by atoms with E-state index in [4.69, 9.17) is 4.74 Å². The second-order valence-electron chi connectivity index (χ2n) is 8.27. The van der Waals surface area contributed by atoms with Gasteiger partial charge in [0.15, 0.2) is 0 Å². The largest absolute Gasteiger partial charge is 0.468 e. The number of nitrogens with zero attached hydrogens (tertiary/aromatic N) is 3. The first kappa shape index (κ1) is 21.8. The monoisotopic (exact) mass is 432 g/mol. The van der Waals surface area contributed by atoms with Crippen molar-refractivity contribution in [2.45, 2.75) is 38.9 Å². The second kappa shape index (κ2) is 9.36. The highest BCUT2D eigenvalue weighted by molar-refractivity contribution is 5.98. The standard InChI is InChI=1S/C25H28N4O3/c1-17-9-10-18(2)19(13-17)15-28-16-20(14-23(28)25(31)32-3)27-24(30)21-7-4-5-8-22(21)29-12-6-11-26-29/h4-13,20,23H,14-16H2,1-3H3,(H,27,30)/t20-,23+/m1/s1. The Hall–Kier alpha value is -3.45. The van der Waals surface area contributed by atoms with E-state index in [-0.39, 0.29) is 17.9 Å². The predicted octanol–water partition coefficient (Wildman–Crippen LogP) is 3.04. The molecule has 2 aromatic carbocycles. The maximum absolute atomic E-state index is 13.1. The van der Waals surface area contributed by atoms with E-state index in [1.54, 1.807) is 23.1 Å². The zero-order chi connectivity index (χ0) is 22.7. The van der Waals surface area contributed by atoms with Gasteiger partial charge < -0.3 is 10.1 Å². The lowest BCUT2D eigenvalue weighted by atomic mass is 10.0. The number of ether oxygens (including phenoxy) is 1. The van der Waals surface area contributed by atoms with Gasteiger partial charge in [0.25, 0.3) is 5.91 Å². The average Bonchev–Trinajstić information content (AvgIpc) is 3.46. The molecule has 0 unspecified atom stereocenters. The van der Waals surface area contributed by atoms with E-state index in [1.165, 1.54) is 23.8 Å². The minimum Gasteiger partial charge on any atom is -0.468 e. The van der Waals surface area contributed by atoms with E-state index in [9.17, 15) is 9.59 Å².